The Kier molecular flexibility index (Phi) is 6.51. The lowest BCUT2D eigenvalue weighted by molar-refractivity contribution is -0.119. The highest BCUT2D eigenvalue weighted by Crippen LogP contribution is 2.32. The number of nitrogens with zero attached hydrogens (tertiary/aromatic N) is 1. The Morgan fingerprint density at radius 2 is 1.93 bits per heavy atom. The second-order valence-corrected chi connectivity index (χ2v) is 6.53. The van der Waals surface area contributed by atoms with Crippen molar-refractivity contribution in [2.24, 2.45) is 0 Å². The van der Waals surface area contributed by atoms with Crippen LogP contribution in [0.4, 0.5) is 5.69 Å². The molecule has 0 bridgehead atoms. The van der Waals surface area contributed by atoms with Crippen LogP contribution in [0.25, 0.3) is 0 Å². The van der Waals surface area contributed by atoms with Crippen molar-refractivity contribution in [1.82, 2.24) is 5.16 Å². The maximum absolute atomic E-state index is 12.3. The molecule has 0 radical (unpaired) electrons. The van der Waals surface area contributed by atoms with E-state index in [0.717, 1.165) is 0 Å². The second kappa shape index (κ2) is 9.25. The molecule has 0 saturated heterocycles. The fraction of sp³-hybridized carbons (Fsp3) is 0.190. The molecule has 1 amide bonds. The number of benzene rings is 2. The Balaban J connectivity index is 1.66. The maximum Gasteiger partial charge on any atom is 0.344 e. The Bertz CT molecular complexity index is 1020. The summed E-state index contributed by atoms with van der Waals surface area (Å²) in [6, 6.07) is 14.0. The summed E-state index contributed by atoms with van der Waals surface area (Å²) in [6.45, 7) is 2.97. The second-order valence-electron chi connectivity index (χ2n) is 6.09. The Hall–Kier alpha value is -3.32. The van der Waals surface area contributed by atoms with Gasteiger partial charge in [-0.25, -0.2) is 4.79 Å². The highest BCUT2D eigenvalue weighted by atomic mass is 35.5. The summed E-state index contributed by atoms with van der Waals surface area (Å²) in [5, 5.41) is 6.88. The molecule has 3 aromatic rings. The summed E-state index contributed by atoms with van der Waals surface area (Å²) < 4.78 is 15.9. The number of ether oxygens (including phenoxy) is 2. The molecule has 0 aliphatic carbocycles. The van der Waals surface area contributed by atoms with E-state index in [0.29, 0.717) is 40.1 Å². The molecule has 0 unspecified atom stereocenters. The minimum absolute atomic E-state index is 0.246. The van der Waals surface area contributed by atoms with E-state index < -0.39 is 18.5 Å². The minimum atomic E-state index is -0.664. The summed E-state index contributed by atoms with van der Waals surface area (Å²) in [5.41, 5.74) is 1.09. The molecule has 0 fully saturated rings. The van der Waals surface area contributed by atoms with E-state index in [1.54, 1.807) is 37.3 Å². The van der Waals surface area contributed by atoms with Crippen molar-refractivity contribution in [1.29, 1.82) is 0 Å². The predicted molar refractivity (Wildman–Crippen MR) is 107 cm³/mol. The lowest BCUT2D eigenvalue weighted by Gasteiger charge is -2.13. The van der Waals surface area contributed by atoms with E-state index in [1.165, 1.54) is 0 Å². The molecule has 0 aliphatic rings. The third kappa shape index (κ3) is 5.14. The Morgan fingerprint density at radius 1 is 1.17 bits per heavy atom. The standard InChI is InChI=1S/C21H19ClN2O5/c1-3-16-20(13(2)29-24-16)21(26)27-12-19(25)23-17-11-14(22)9-10-18(17)28-15-7-5-4-6-8-15/h4-11H,3,12H2,1-2H3,(H,23,25). The normalized spacial score (nSPS) is 10.4. The van der Waals surface area contributed by atoms with Gasteiger partial charge >= 0.3 is 5.97 Å². The van der Waals surface area contributed by atoms with E-state index in [9.17, 15) is 9.59 Å². The molecule has 0 aliphatic heterocycles. The van der Waals surface area contributed by atoms with Crippen molar-refractivity contribution >= 4 is 29.2 Å². The van der Waals surface area contributed by atoms with Crippen LogP contribution in [-0.4, -0.2) is 23.6 Å². The molecule has 1 aromatic heterocycles. The minimum Gasteiger partial charge on any atom is -0.455 e. The fourth-order valence-corrected chi connectivity index (χ4v) is 2.79. The lowest BCUT2D eigenvalue weighted by Crippen LogP contribution is -2.21. The van der Waals surface area contributed by atoms with Gasteiger partial charge in [-0.2, -0.15) is 0 Å². The quantitative estimate of drug-likeness (QED) is 0.559. The smallest absolute Gasteiger partial charge is 0.344 e. The van der Waals surface area contributed by atoms with Gasteiger partial charge in [0.25, 0.3) is 5.91 Å². The third-order valence-electron chi connectivity index (χ3n) is 3.99. The number of nitrogens with one attached hydrogen (secondary N) is 1. The molecular weight excluding hydrogens is 396 g/mol. The molecule has 0 saturated carbocycles. The van der Waals surface area contributed by atoms with E-state index in [2.05, 4.69) is 10.5 Å². The first kappa shape index (κ1) is 20.4. The molecule has 3 rings (SSSR count). The Labute approximate surface area is 172 Å². The van der Waals surface area contributed by atoms with Crippen molar-refractivity contribution < 1.29 is 23.6 Å². The van der Waals surface area contributed by atoms with Crippen LogP contribution in [0.3, 0.4) is 0 Å². The van der Waals surface area contributed by atoms with Gasteiger partial charge in [-0.3, -0.25) is 4.79 Å². The summed E-state index contributed by atoms with van der Waals surface area (Å²) >= 11 is 6.04. The van der Waals surface area contributed by atoms with Gasteiger partial charge in [-0.05, 0) is 43.7 Å². The van der Waals surface area contributed by atoms with Gasteiger partial charge < -0.3 is 19.3 Å². The van der Waals surface area contributed by atoms with Crippen LogP contribution in [0, 0.1) is 6.92 Å². The monoisotopic (exact) mass is 414 g/mol. The summed E-state index contributed by atoms with van der Waals surface area (Å²) in [7, 11) is 0. The maximum atomic E-state index is 12.3. The number of amides is 1. The average Bonchev–Trinajstić information content (AvgIpc) is 3.09. The number of hydrogen-bond acceptors (Lipinski definition) is 6. The molecular formula is C21H19ClN2O5. The number of carbonyl (C=O) groups is 2. The number of hydrogen-bond donors (Lipinski definition) is 1. The zero-order valence-corrected chi connectivity index (χ0v) is 16.7. The van der Waals surface area contributed by atoms with Gasteiger partial charge in [0, 0.05) is 5.02 Å². The lowest BCUT2D eigenvalue weighted by atomic mass is 10.1. The van der Waals surface area contributed by atoms with Crippen LogP contribution in [-0.2, 0) is 16.0 Å². The number of carbonyl (C=O) groups excluding carboxylic acids is 2. The molecule has 150 valence electrons. The van der Waals surface area contributed by atoms with Crippen molar-refractivity contribution in [2.45, 2.75) is 20.3 Å². The number of rotatable bonds is 7. The molecule has 2 aromatic carbocycles. The number of para-hydroxylation sites is 1. The number of anilines is 1. The zero-order chi connectivity index (χ0) is 20.8. The zero-order valence-electron chi connectivity index (χ0n) is 15.9. The van der Waals surface area contributed by atoms with Crippen molar-refractivity contribution in [3.63, 3.8) is 0 Å². The molecule has 1 N–H and O–H groups in total. The first-order valence-electron chi connectivity index (χ1n) is 8.92. The average molecular weight is 415 g/mol. The van der Waals surface area contributed by atoms with Crippen LogP contribution in [0.1, 0.15) is 28.7 Å². The van der Waals surface area contributed by atoms with E-state index in [1.807, 2.05) is 25.1 Å². The molecule has 7 nitrogen and oxygen atoms in total. The molecule has 0 atom stereocenters. The van der Waals surface area contributed by atoms with Crippen LogP contribution in [0.15, 0.2) is 53.1 Å². The van der Waals surface area contributed by atoms with E-state index in [4.69, 9.17) is 25.6 Å². The van der Waals surface area contributed by atoms with Crippen LogP contribution in [0.5, 0.6) is 11.5 Å². The molecule has 8 heteroatoms. The van der Waals surface area contributed by atoms with E-state index in [-0.39, 0.29) is 5.56 Å². The highest BCUT2D eigenvalue weighted by molar-refractivity contribution is 6.31. The van der Waals surface area contributed by atoms with Crippen LogP contribution < -0.4 is 10.1 Å². The topological polar surface area (TPSA) is 90.7 Å². The molecule has 29 heavy (non-hydrogen) atoms. The van der Waals surface area contributed by atoms with Crippen molar-refractivity contribution in [2.75, 3.05) is 11.9 Å². The summed E-state index contributed by atoms with van der Waals surface area (Å²) in [5.74, 6) is 0.157. The first-order chi connectivity index (χ1) is 14.0. The number of halogens is 1. The van der Waals surface area contributed by atoms with E-state index >= 15 is 0 Å². The van der Waals surface area contributed by atoms with Gasteiger partial charge in [0.1, 0.15) is 17.1 Å². The van der Waals surface area contributed by atoms with Gasteiger partial charge in [-0.15, -0.1) is 0 Å². The molecule has 1 heterocycles. The number of aryl methyl sites for hydroxylation is 2. The highest BCUT2D eigenvalue weighted by Gasteiger charge is 2.21. The Morgan fingerprint density at radius 3 is 2.66 bits per heavy atom. The van der Waals surface area contributed by atoms with Crippen LogP contribution in [0.2, 0.25) is 5.02 Å². The SMILES string of the molecule is CCc1noc(C)c1C(=O)OCC(=O)Nc1cc(Cl)ccc1Oc1ccccc1. The van der Waals surface area contributed by atoms with Gasteiger partial charge in [0.15, 0.2) is 12.4 Å². The summed E-state index contributed by atoms with van der Waals surface area (Å²) in [4.78, 5) is 24.6. The van der Waals surface area contributed by atoms with Gasteiger partial charge in [0.2, 0.25) is 0 Å². The largest absolute Gasteiger partial charge is 0.455 e. The number of esters is 1. The fourth-order valence-electron chi connectivity index (χ4n) is 2.61. The van der Waals surface area contributed by atoms with Crippen LogP contribution >= 0.6 is 11.6 Å². The van der Waals surface area contributed by atoms with Crippen molar-refractivity contribution in [3.05, 3.63) is 70.6 Å². The first-order valence-corrected chi connectivity index (χ1v) is 9.30. The predicted octanol–water partition coefficient (Wildman–Crippen LogP) is 4.79. The molecule has 0 spiro atoms. The summed E-state index contributed by atoms with van der Waals surface area (Å²) in [6.07, 6.45) is 0.511. The van der Waals surface area contributed by atoms with Gasteiger partial charge in [0.05, 0.1) is 11.4 Å². The number of aromatic nitrogens is 1. The van der Waals surface area contributed by atoms with Crippen molar-refractivity contribution in [3.8, 4) is 11.5 Å². The third-order valence-corrected chi connectivity index (χ3v) is 4.23. The van der Waals surface area contributed by atoms with Gasteiger partial charge in [-0.1, -0.05) is 41.9 Å².